The quantitative estimate of drug-likeness (QED) is 0.175. The number of allylic oxidation sites excluding steroid dienone is 4. The molecule has 4 heterocycles. The molecule has 5 nitrogen and oxygen atoms in total. The first-order valence-corrected chi connectivity index (χ1v) is 20.5. The number of fused-ring (bicyclic) bond motifs is 10. The molecule has 2 aliphatic carbocycles. The summed E-state index contributed by atoms with van der Waals surface area (Å²) in [5, 5.41) is 2.35. The second-order valence-corrected chi connectivity index (χ2v) is 15.9. The first-order chi connectivity index (χ1) is 29.7. The van der Waals surface area contributed by atoms with E-state index in [0.29, 0.717) is 17.5 Å². The van der Waals surface area contributed by atoms with Crippen molar-refractivity contribution in [2.24, 2.45) is 0 Å². The fourth-order valence-electron chi connectivity index (χ4n) is 10.1. The van der Waals surface area contributed by atoms with Crippen LogP contribution in [0.1, 0.15) is 16.8 Å². The Morgan fingerprint density at radius 1 is 0.500 bits per heavy atom. The van der Waals surface area contributed by atoms with Crippen molar-refractivity contribution in [2.45, 2.75) is 11.8 Å². The number of aromatic nitrogens is 4. The lowest BCUT2D eigenvalue weighted by Crippen LogP contribution is -2.36. The Bertz CT molecular complexity index is 3380. The zero-order valence-electron chi connectivity index (χ0n) is 32.4. The highest BCUT2D eigenvalue weighted by Gasteiger charge is 2.51. The van der Waals surface area contributed by atoms with Gasteiger partial charge < -0.3 is 8.98 Å². The van der Waals surface area contributed by atoms with Gasteiger partial charge in [-0.1, -0.05) is 176 Å². The first-order valence-electron chi connectivity index (χ1n) is 20.5. The van der Waals surface area contributed by atoms with Crippen LogP contribution in [0.3, 0.4) is 0 Å². The molecule has 0 bridgehead atoms. The van der Waals surface area contributed by atoms with Gasteiger partial charge in [0.1, 0.15) is 11.3 Å². The minimum absolute atomic E-state index is 0.440. The highest BCUT2D eigenvalue weighted by Crippen LogP contribution is 2.62. The van der Waals surface area contributed by atoms with Crippen LogP contribution >= 0.6 is 0 Å². The van der Waals surface area contributed by atoms with Gasteiger partial charge in [-0.15, -0.1) is 0 Å². The third-order valence-corrected chi connectivity index (χ3v) is 12.7. The Morgan fingerprint density at radius 3 is 1.72 bits per heavy atom. The molecule has 1 unspecified atom stereocenters. The largest absolute Gasteiger partial charge is 0.455 e. The average molecular weight is 767 g/mol. The molecule has 7 aromatic carbocycles. The molecule has 1 aliphatic heterocycles. The zero-order valence-corrected chi connectivity index (χ0v) is 32.4. The van der Waals surface area contributed by atoms with E-state index in [2.05, 4.69) is 162 Å². The number of rotatable bonds is 5. The highest BCUT2D eigenvalue weighted by molar-refractivity contribution is 6.10. The summed E-state index contributed by atoms with van der Waals surface area (Å²) in [5.74, 6) is 2.88. The number of furan rings is 1. The van der Waals surface area contributed by atoms with Crippen molar-refractivity contribution in [2.75, 3.05) is 0 Å². The van der Waals surface area contributed by atoms with Crippen LogP contribution in [-0.4, -0.2) is 19.5 Å². The zero-order chi connectivity index (χ0) is 39.4. The van der Waals surface area contributed by atoms with Crippen molar-refractivity contribution in [3.05, 3.63) is 211 Å². The highest BCUT2D eigenvalue weighted by atomic mass is 16.3. The third-order valence-electron chi connectivity index (χ3n) is 12.7. The predicted molar refractivity (Wildman–Crippen MR) is 242 cm³/mol. The molecule has 60 heavy (non-hydrogen) atoms. The van der Waals surface area contributed by atoms with E-state index in [4.69, 9.17) is 19.4 Å². The van der Waals surface area contributed by atoms with Crippen molar-refractivity contribution in [1.29, 1.82) is 0 Å². The maximum Gasteiger partial charge on any atom is 0.164 e. The summed E-state index contributed by atoms with van der Waals surface area (Å²) in [7, 11) is 0. The minimum atomic E-state index is -0.440. The molecular formula is C55H34N4O. The molecule has 0 amide bonds. The lowest BCUT2D eigenvalue weighted by atomic mass is 9.65. The van der Waals surface area contributed by atoms with E-state index >= 15 is 0 Å². The standard InChI is InChI=1S/C55H34N4O/c1-5-17-34(18-6-1)39-26-15-27-40-44-33-55-30-16-28-45(55)43-32-38(54-57-52(36-21-9-3-10-22-36)56-53(58-54)37-23-11-4-12-24-37)31-42(35-19-7-2-8-20-35)48(43)59-46-29-14-13-25-41(46)47(51(55)59)50(44)60-49(39)40/h1-32H,33H2. The van der Waals surface area contributed by atoms with Gasteiger partial charge in [0, 0.05) is 61.0 Å². The van der Waals surface area contributed by atoms with E-state index in [1.807, 2.05) is 36.4 Å². The molecule has 1 spiro atoms. The summed E-state index contributed by atoms with van der Waals surface area (Å²) >= 11 is 0. The van der Waals surface area contributed by atoms with Crippen LogP contribution < -0.4 is 0 Å². The van der Waals surface area contributed by atoms with Crippen LogP contribution in [0.25, 0.3) is 101 Å². The average Bonchev–Trinajstić information content (AvgIpc) is 4.03. The van der Waals surface area contributed by atoms with Gasteiger partial charge in [0.15, 0.2) is 17.5 Å². The summed E-state index contributed by atoms with van der Waals surface area (Å²) < 4.78 is 9.73. The fraction of sp³-hybridized carbons (Fsp3) is 0.0364. The number of nitrogens with zero attached hydrogens (tertiary/aromatic N) is 4. The summed E-state index contributed by atoms with van der Waals surface area (Å²) in [6.45, 7) is 0. The molecule has 1 atom stereocenters. The fourth-order valence-corrected chi connectivity index (χ4v) is 10.1. The Labute approximate surface area is 346 Å². The predicted octanol–water partition coefficient (Wildman–Crippen LogP) is 13.3. The van der Waals surface area contributed by atoms with Gasteiger partial charge in [0.25, 0.3) is 0 Å². The summed E-state index contributed by atoms with van der Waals surface area (Å²) in [6, 6.07) is 61.8. The smallest absolute Gasteiger partial charge is 0.164 e. The first kappa shape index (κ1) is 33.1. The van der Waals surface area contributed by atoms with Crippen molar-refractivity contribution in [1.82, 2.24) is 19.5 Å². The van der Waals surface area contributed by atoms with Gasteiger partial charge in [-0.25, -0.2) is 15.0 Å². The molecular weight excluding hydrogens is 733 g/mol. The Kier molecular flexibility index (Phi) is 6.93. The van der Waals surface area contributed by atoms with Crippen LogP contribution in [0.2, 0.25) is 0 Å². The molecule has 13 rings (SSSR count). The van der Waals surface area contributed by atoms with Gasteiger partial charge in [0.2, 0.25) is 0 Å². The second kappa shape index (κ2) is 12.6. The van der Waals surface area contributed by atoms with Gasteiger partial charge in [-0.05, 0) is 41.3 Å². The molecule has 280 valence electrons. The Balaban J connectivity index is 1.12. The molecule has 0 saturated carbocycles. The van der Waals surface area contributed by atoms with Crippen molar-refractivity contribution >= 4 is 27.4 Å². The van der Waals surface area contributed by atoms with Gasteiger partial charge in [0.05, 0.1) is 16.6 Å². The number of benzene rings is 7. The Hall–Kier alpha value is -7.89. The van der Waals surface area contributed by atoms with Crippen LogP contribution in [0.4, 0.5) is 0 Å². The van der Waals surface area contributed by atoms with Crippen LogP contribution in [-0.2, 0) is 11.8 Å². The van der Waals surface area contributed by atoms with E-state index in [-0.39, 0.29) is 0 Å². The topological polar surface area (TPSA) is 56.7 Å². The van der Waals surface area contributed by atoms with Gasteiger partial charge >= 0.3 is 0 Å². The molecule has 3 aliphatic rings. The van der Waals surface area contributed by atoms with Crippen molar-refractivity contribution < 1.29 is 4.42 Å². The molecule has 0 saturated heterocycles. The maximum absolute atomic E-state index is 7.18. The van der Waals surface area contributed by atoms with Gasteiger partial charge in [-0.2, -0.15) is 0 Å². The molecule has 3 aromatic heterocycles. The van der Waals surface area contributed by atoms with Crippen LogP contribution in [0.15, 0.2) is 199 Å². The lowest BCUT2D eigenvalue weighted by Gasteiger charge is -2.42. The third kappa shape index (κ3) is 4.66. The number of para-hydroxylation sites is 2. The molecule has 5 heteroatoms. The van der Waals surface area contributed by atoms with E-state index in [9.17, 15) is 0 Å². The minimum Gasteiger partial charge on any atom is -0.455 e. The van der Waals surface area contributed by atoms with Gasteiger partial charge in [-0.3, -0.25) is 0 Å². The number of hydrogen-bond acceptors (Lipinski definition) is 4. The molecule has 10 aromatic rings. The monoisotopic (exact) mass is 766 g/mol. The molecule has 0 fully saturated rings. The van der Waals surface area contributed by atoms with E-state index in [1.54, 1.807) is 0 Å². The van der Waals surface area contributed by atoms with E-state index < -0.39 is 5.41 Å². The SMILES string of the molecule is C1=CC23Cc4c(oc5c(-c6ccccc6)cccc45)-c4c2n(c2ccccc42)-c2c(cc(-c4nc(-c5ccccc5)nc(-c5ccccc5)n4)cc2-c2ccccc2)C3=C1. The lowest BCUT2D eigenvalue weighted by molar-refractivity contribution is 0.585. The molecule has 0 radical (unpaired) electrons. The Morgan fingerprint density at radius 2 is 1.05 bits per heavy atom. The van der Waals surface area contributed by atoms with Crippen molar-refractivity contribution in [3.8, 4) is 73.4 Å². The van der Waals surface area contributed by atoms with E-state index in [1.165, 1.54) is 38.7 Å². The van der Waals surface area contributed by atoms with Crippen LogP contribution in [0.5, 0.6) is 0 Å². The normalized spacial score (nSPS) is 15.7. The van der Waals surface area contributed by atoms with Crippen molar-refractivity contribution in [3.63, 3.8) is 0 Å². The second-order valence-electron chi connectivity index (χ2n) is 15.9. The number of hydrogen-bond donors (Lipinski definition) is 0. The van der Waals surface area contributed by atoms with E-state index in [0.717, 1.165) is 67.9 Å². The molecule has 0 N–H and O–H groups in total. The summed E-state index contributed by atoms with van der Waals surface area (Å²) in [6.07, 6.45) is 7.80. The summed E-state index contributed by atoms with van der Waals surface area (Å²) in [5.41, 5.74) is 16.2. The summed E-state index contributed by atoms with van der Waals surface area (Å²) in [4.78, 5) is 15.5. The maximum atomic E-state index is 7.18. The van der Waals surface area contributed by atoms with Crippen LogP contribution in [0, 0.1) is 0 Å².